The Balaban J connectivity index is 2.94. The molecule has 1 rings (SSSR count). The minimum absolute atomic E-state index is 0.106. The van der Waals surface area contributed by atoms with Crippen LogP contribution in [-0.4, -0.2) is 49.1 Å². The molecule has 0 saturated carbocycles. The molecule has 10 heteroatoms. The molecule has 1 aromatic rings. The van der Waals surface area contributed by atoms with Crippen molar-refractivity contribution in [3.8, 4) is 0 Å². The first-order valence-corrected chi connectivity index (χ1v) is 8.53. The molecule has 0 atom stereocenters. The number of carbonyl (C=O) groups is 1. The Morgan fingerprint density at radius 3 is 2.35 bits per heavy atom. The highest BCUT2D eigenvalue weighted by Crippen LogP contribution is 2.23. The Bertz CT molecular complexity index is 537. The first-order valence-electron chi connectivity index (χ1n) is 6.28. The minimum atomic E-state index is -3.64. The predicted molar refractivity (Wildman–Crippen MR) is 77.3 cm³/mol. The molecule has 0 bridgehead atoms. The number of anilines is 1. The lowest BCUT2D eigenvalue weighted by Gasteiger charge is -2.18. The summed E-state index contributed by atoms with van der Waals surface area (Å²) < 4.78 is 26.1. The predicted octanol–water partition coefficient (Wildman–Crippen LogP) is 1.10. The Hall–Kier alpha value is -1.26. The highest BCUT2D eigenvalue weighted by Gasteiger charge is 2.27. The summed E-state index contributed by atoms with van der Waals surface area (Å²) in [7, 11) is -2.18. The fourth-order valence-electron chi connectivity index (χ4n) is 1.49. The van der Waals surface area contributed by atoms with Gasteiger partial charge in [0.15, 0.2) is 0 Å². The molecule has 0 aliphatic carbocycles. The molecule has 0 spiro atoms. The van der Waals surface area contributed by atoms with Gasteiger partial charge < -0.3 is 5.32 Å². The van der Waals surface area contributed by atoms with E-state index in [9.17, 15) is 13.2 Å². The van der Waals surface area contributed by atoms with Crippen molar-refractivity contribution in [2.45, 2.75) is 31.0 Å². The van der Waals surface area contributed by atoms with Crippen LogP contribution in [0.1, 0.15) is 26.7 Å². The van der Waals surface area contributed by atoms with Gasteiger partial charge in [-0.15, -0.1) is 10.2 Å². The van der Waals surface area contributed by atoms with Gasteiger partial charge in [0.2, 0.25) is 9.47 Å². The van der Waals surface area contributed by atoms with Gasteiger partial charge in [-0.1, -0.05) is 25.2 Å². The van der Waals surface area contributed by atoms with Gasteiger partial charge >= 0.3 is 6.03 Å². The Kier molecular flexibility index (Phi) is 6.30. The zero-order chi connectivity index (χ0) is 15.2. The van der Waals surface area contributed by atoms with E-state index < -0.39 is 16.1 Å². The Morgan fingerprint density at radius 2 is 1.85 bits per heavy atom. The van der Waals surface area contributed by atoms with Gasteiger partial charge in [0.1, 0.15) is 0 Å². The van der Waals surface area contributed by atoms with Crippen molar-refractivity contribution in [3.05, 3.63) is 0 Å². The number of amides is 2. The van der Waals surface area contributed by atoms with Gasteiger partial charge in [0.25, 0.3) is 10.0 Å². The first-order chi connectivity index (χ1) is 9.45. The van der Waals surface area contributed by atoms with E-state index in [-0.39, 0.29) is 9.47 Å². The standard InChI is InChI=1S/C10H19N5O3S2/c1-4-6-15(7-5-2)20(17,18)10-14-13-9(19-10)12-8(16)11-3/h4-7H2,1-3H3,(H2,11,12,13,16). The first kappa shape index (κ1) is 16.8. The molecule has 0 aliphatic heterocycles. The van der Waals surface area contributed by atoms with Gasteiger partial charge in [-0.2, -0.15) is 4.31 Å². The highest BCUT2D eigenvalue weighted by atomic mass is 32.2. The van der Waals surface area contributed by atoms with Gasteiger partial charge in [0, 0.05) is 20.1 Å². The molecule has 1 aromatic heterocycles. The lowest BCUT2D eigenvalue weighted by atomic mass is 10.4. The summed E-state index contributed by atoms with van der Waals surface area (Å²) in [6.07, 6.45) is 1.45. The van der Waals surface area contributed by atoms with Crippen LogP contribution >= 0.6 is 11.3 Å². The number of hydrogen-bond acceptors (Lipinski definition) is 6. The maximum Gasteiger partial charge on any atom is 0.320 e. The van der Waals surface area contributed by atoms with Crippen molar-refractivity contribution in [1.82, 2.24) is 19.8 Å². The van der Waals surface area contributed by atoms with Gasteiger partial charge in [-0.25, -0.2) is 13.2 Å². The van der Waals surface area contributed by atoms with Gasteiger partial charge in [-0.05, 0) is 12.8 Å². The zero-order valence-electron chi connectivity index (χ0n) is 11.7. The summed E-state index contributed by atoms with van der Waals surface area (Å²) >= 11 is 0.840. The maximum absolute atomic E-state index is 12.4. The van der Waals surface area contributed by atoms with Crippen molar-refractivity contribution >= 4 is 32.5 Å². The second-order valence-corrected chi connectivity index (χ2v) is 7.07. The Morgan fingerprint density at radius 1 is 1.25 bits per heavy atom. The van der Waals surface area contributed by atoms with Gasteiger partial charge in [0.05, 0.1) is 0 Å². The minimum Gasteiger partial charge on any atom is -0.341 e. The third-order valence-electron chi connectivity index (χ3n) is 2.36. The molecule has 20 heavy (non-hydrogen) atoms. The van der Waals surface area contributed by atoms with Crippen molar-refractivity contribution < 1.29 is 13.2 Å². The van der Waals surface area contributed by atoms with E-state index in [4.69, 9.17) is 0 Å². The quantitative estimate of drug-likeness (QED) is 0.732. The zero-order valence-corrected chi connectivity index (χ0v) is 13.3. The topological polar surface area (TPSA) is 104 Å². The highest BCUT2D eigenvalue weighted by molar-refractivity contribution is 7.91. The van der Waals surface area contributed by atoms with Crippen LogP contribution < -0.4 is 10.6 Å². The van der Waals surface area contributed by atoms with Crippen LogP contribution in [0, 0.1) is 0 Å². The molecule has 1 heterocycles. The van der Waals surface area contributed by atoms with Crippen LogP contribution in [0.2, 0.25) is 0 Å². The van der Waals surface area contributed by atoms with Crippen LogP contribution in [-0.2, 0) is 10.0 Å². The normalized spacial score (nSPS) is 11.6. The smallest absolute Gasteiger partial charge is 0.320 e. The number of aromatic nitrogens is 2. The number of rotatable bonds is 7. The van der Waals surface area contributed by atoms with E-state index in [1.165, 1.54) is 11.4 Å². The SMILES string of the molecule is CCCN(CCC)S(=O)(=O)c1nnc(NC(=O)NC)s1. The van der Waals surface area contributed by atoms with Crippen LogP contribution in [0.3, 0.4) is 0 Å². The lowest BCUT2D eigenvalue weighted by molar-refractivity contribution is 0.254. The fourth-order valence-corrected chi connectivity index (χ4v) is 4.14. The third-order valence-corrected chi connectivity index (χ3v) is 5.44. The van der Waals surface area contributed by atoms with E-state index in [2.05, 4.69) is 20.8 Å². The van der Waals surface area contributed by atoms with Crippen molar-refractivity contribution in [3.63, 3.8) is 0 Å². The van der Waals surface area contributed by atoms with Crippen molar-refractivity contribution in [2.24, 2.45) is 0 Å². The summed E-state index contributed by atoms with van der Waals surface area (Å²) in [5.74, 6) is 0. The molecule has 0 aliphatic rings. The van der Waals surface area contributed by atoms with E-state index in [0.29, 0.717) is 13.1 Å². The largest absolute Gasteiger partial charge is 0.341 e. The molecular weight excluding hydrogens is 302 g/mol. The molecule has 2 amide bonds. The fraction of sp³-hybridized carbons (Fsp3) is 0.700. The molecule has 0 aromatic carbocycles. The van der Waals surface area contributed by atoms with E-state index in [1.54, 1.807) is 0 Å². The summed E-state index contributed by atoms with van der Waals surface area (Å²) in [4.78, 5) is 11.1. The monoisotopic (exact) mass is 321 g/mol. The number of sulfonamides is 1. The second-order valence-electron chi connectivity index (χ2n) is 3.98. The van der Waals surface area contributed by atoms with Crippen LogP contribution in [0.4, 0.5) is 9.93 Å². The molecule has 2 N–H and O–H groups in total. The summed E-state index contributed by atoms with van der Waals surface area (Å²) in [6.45, 7) is 4.70. The number of nitrogens with one attached hydrogen (secondary N) is 2. The van der Waals surface area contributed by atoms with Crippen LogP contribution in [0.15, 0.2) is 4.34 Å². The summed E-state index contributed by atoms with van der Waals surface area (Å²) in [5, 5.41) is 12.2. The molecule has 114 valence electrons. The van der Waals surface area contributed by atoms with E-state index in [0.717, 1.165) is 24.2 Å². The van der Waals surface area contributed by atoms with E-state index in [1.807, 2.05) is 13.8 Å². The third kappa shape index (κ3) is 4.12. The summed E-state index contributed by atoms with van der Waals surface area (Å²) in [6, 6.07) is -0.468. The second kappa shape index (κ2) is 7.50. The number of urea groups is 1. The number of hydrogen-bond donors (Lipinski definition) is 2. The molecule has 0 saturated heterocycles. The number of nitrogens with zero attached hydrogens (tertiary/aromatic N) is 3. The summed E-state index contributed by atoms with van der Waals surface area (Å²) in [5.41, 5.74) is 0. The molecular formula is C10H19N5O3S2. The lowest BCUT2D eigenvalue weighted by Crippen LogP contribution is -2.32. The van der Waals surface area contributed by atoms with E-state index >= 15 is 0 Å². The molecule has 0 fully saturated rings. The van der Waals surface area contributed by atoms with Gasteiger partial charge in [-0.3, -0.25) is 5.32 Å². The average Bonchev–Trinajstić information content (AvgIpc) is 2.87. The molecule has 0 radical (unpaired) electrons. The molecule has 8 nitrogen and oxygen atoms in total. The van der Waals surface area contributed by atoms with Crippen molar-refractivity contribution in [1.29, 1.82) is 0 Å². The van der Waals surface area contributed by atoms with Crippen LogP contribution in [0.25, 0.3) is 0 Å². The number of carbonyl (C=O) groups excluding carboxylic acids is 1. The van der Waals surface area contributed by atoms with Crippen LogP contribution in [0.5, 0.6) is 0 Å². The maximum atomic E-state index is 12.4. The average molecular weight is 321 g/mol. The Labute approximate surface area is 122 Å². The molecule has 0 unspecified atom stereocenters. The van der Waals surface area contributed by atoms with Crippen molar-refractivity contribution in [2.75, 3.05) is 25.5 Å².